The van der Waals surface area contributed by atoms with Crippen LogP contribution in [0.3, 0.4) is 0 Å². The molecule has 2 aliphatic heterocycles. The van der Waals surface area contributed by atoms with E-state index >= 15 is 0 Å². The van der Waals surface area contributed by atoms with Gasteiger partial charge >= 0.3 is 0 Å². The van der Waals surface area contributed by atoms with Gasteiger partial charge in [-0.1, -0.05) is 60.7 Å². The highest BCUT2D eigenvalue weighted by molar-refractivity contribution is 5.86. The van der Waals surface area contributed by atoms with E-state index < -0.39 is 5.41 Å². The van der Waals surface area contributed by atoms with E-state index in [9.17, 15) is 5.26 Å². The monoisotopic (exact) mass is 435 g/mol. The van der Waals surface area contributed by atoms with Crippen molar-refractivity contribution in [3.63, 3.8) is 0 Å². The summed E-state index contributed by atoms with van der Waals surface area (Å²) in [6, 6.07) is 29.3. The minimum atomic E-state index is -0.729. The van der Waals surface area contributed by atoms with Crippen LogP contribution in [0.1, 0.15) is 34.5 Å². The number of aryl methyl sites for hydroxylation is 1. The summed E-state index contributed by atoms with van der Waals surface area (Å²) in [7, 11) is 1.66. The largest absolute Gasteiger partial charge is 0.497 e. The van der Waals surface area contributed by atoms with E-state index in [1.165, 1.54) is 22.2 Å². The number of nitrogens with zero attached hydrogens (tertiary/aromatic N) is 3. The van der Waals surface area contributed by atoms with E-state index in [4.69, 9.17) is 9.57 Å². The summed E-state index contributed by atoms with van der Waals surface area (Å²) in [5.41, 5.74) is 5.02. The zero-order chi connectivity index (χ0) is 22.6. The van der Waals surface area contributed by atoms with E-state index in [0.29, 0.717) is 13.1 Å². The molecule has 3 aromatic carbocycles. The van der Waals surface area contributed by atoms with Crippen LogP contribution >= 0.6 is 0 Å². The highest BCUT2D eigenvalue weighted by atomic mass is 16.7. The average Bonchev–Trinajstić information content (AvgIpc) is 3.46. The number of hydrogen-bond donors (Lipinski definition) is 0. The molecule has 0 aliphatic carbocycles. The Morgan fingerprint density at radius 1 is 1.03 bits per heavy atom. The fraction of sp³-hybridized carbons (Fsp3) is 0.250. The topological polar surface area (TPSA) is 50.4 Å². The molecule has 1 aromatic heterocycles. The molecular formula is C28H25N3O2. The number of aromatic nitrogens is 1. The smallest absolute Gasteiger partial charge is 0.131 e. The number of nitriles is 1. The number of fused-ring (bicyclic) bond motifs is 5. The molecule has 164 valence electrons. The molecule has 0 bridgehead atoms. The molecule has 0 saturated carbocycles. The Labute approximate surface area is 193 Å². The van der Waals surface area contributed by atoms with Gasteiger partial charge in [0.15, 0.2) is 0 Å². The van der Waals surface area contributed by atoms with Crippen molar-refractivity contribution in [2.75, 3.05) is 7.11 Å². The van der Waals surface area contributed by atoms with Gasteiger partial charge in [0, 0.05) is 29.7 Å². The Morgan fingerprint density at radius 2 is 1.76 bits per heavy atom. The molecule has 3 heterocycles. The standard InChI is InChI=1S/C28H25N3O2/c1-19-23-10-6-7-11-24(23)30-18-28(17-29)26(25(19)30)31(16-20-8-4-3-5-9-20)33-27(28)21-12-14-22(32-2)15-13-21/h3-15,26-27H,16,18H2,1-2H3/t26-,27-,28+/m1/s1. The number of para-hydroxylation sites is 1. The van der Waals surface area contributed by atoms with Crippen molar-refractivity contribution in [1.82, 2.24) is 9.63 Å². The molecule has 3 atom stereocenters. The third-order valence-corrected chi connectivity index (χ3v) is 7.25. The Hall–Kier alpha value is -3.59. The van der Waals surface area contributed by atoms with Gasteiger partial charge in [0.1, 0.15) is 17.3 Å². The quantitative estimate of drug-likeness (QED) is 0.412. The molecular weight excluding hydrogens is 410 g/mol. The van der Waals surface area contributed by atoms with Gasteiger partial charge in [-0.3, -0.25) is 4.84 Å². The summed E-state index contributed by atoms with van der Waals surface area (Å²) in [4.78, 5) is 6.65. The maximum atomic E-state index is 10.7. The third-order valence-electron chi connectivity index (χ3n) is 7.25. The van der Waals surface area contributed by atoms with Gasteiger partial charge in [-0.15, -0.1) is 0 Å². The zero-order valence-corrected chi connectivity index (χ0v) is 18.7. The fourth-order valence-electron chi connectivity index (χ4n) is 5.71. The van der Waals surface area contributed by atoms with E-state index in [1.807, 2.05) is 47.5 Å². The summed E-state index contributed by atoms with van der Waals surface area (Å²) in [5.74, 6) is 0.792. The first-order valence-electron chi connectivity index (χ1n) is 11.3. The lowest BCUT2D eigenvalue weighted by molar-refractivity contribution is -0.175. The van der Waals surface area contributed by atoms with Crippen molar-refractivity contribution >= 4 is 10.9 Å². The van der Waals surface area contributed by atoms with Crippen LogP contribution in [0.25, 0.3) is 10.9 Å². The van der Waals surface area contributed by atoms with Crippen molar-refractivity contribution in [3.8, 4) is 11.8 Å². The Balaban J connectivity index is 1.52. The third kappa shape index (κ3) is 2.85. The van der Waals surface area contributed by atoms with E-state index in [2.05, 4.69) is 54.0 Å². The van der Waals surface area contributed by atoms with Crippen LogP contribution in [0.2, 0.25) is 0 Å². The number of hydroxylamine groups is 2. The van der Waals surface area contributed by atoms with E-state index in [0.717, 1.165) is 16.9 Å². The van der Waals surface area contributed by atoms with Crippen LogP contribution < -0.4 is 4.74 Å². The second-order valence-corrected chi connectivity index (χ2v) is 8.99. The average molecular weight is 436 g/mol. The predicted molar refractivity (Wildman–Crippen MR) is 126 cm³/mol. The zero-order valence-electron chi connectivity index (χ0n) is 18.7. The van der Waals surface area contributed by atoms with Gasteiger partial charge in [-0.05, 0) is 41.8 Å². The van der Waals surface area contributed by atoms with Crippen molar-refractivity contribution in [3.05, 3.63) is 101 Å². The Morgan fingerprint density at radius 3 is 2.48 bits per heavy atom. The molecule has 0 unspecified atom stereocenters. The van der Waals surface area contributed by atoms with Crippen molar-refractivity contribution in [2.24, 2.45) is 5.41 Å². The molecule has 0 amide bonds. The molecule has 33 heavy (non-hydrogen) atoms. The molecule has 0 N–H and O–H groups in total. The number of hydrogen-bond acceptors (Lipinski definition) is 4. The van der Waals surface area contributed by atoms with Gasteiger partial charge in [-0.25, -0.2) is 0 Å². The van der Waals surface area contributed by atoms with Gasteiger partial charge in [0.25, 0.3) is 0 Å². The van der Waals surface area contributed by atoms with E-state index in [-0.39, 0.29) is 12.1 Å². The first-order valence-corrected chi connectivity index (χ1v) is 11.3. The molecule has 2 aliphatic rings. The molecule has 0 spiro atoms. The number of ether oxygens (including phenoxy) is 1. The SMILES string of the molecule is COc1ccc([C@H]2ON(Cc3ccccc3)[C@@H]3c4c(C)c5ccccc5n4C[C@]23C#N)cc1. The minimum Gasteiger partial charge on any atom is -0.497 e. The highest BCUT2D eigenvalue weighted by Gasteiger charge is 2.63. The Kier molecular flexibility index (Phi) is 4.55. The first kappa shape index (κ1) is 20.0. The fourth-order valence-corrected chi connectivity index (χ4v) is 5.71. The molecule has 1 fully saturated rings. The lowest BCUT2D eigenvalue weighted by atomic mass is 9.75. The molecule has 6 rings (SSSR count). The Bertz CT molecular complexity index is 1370. The highest BCUT2D eigenvalue weighted by Crippen LogP contribution is 2.62. The van der Waals surface area contributed by atoms with Crippen LogP contribution in [0.5, 0.6) is 5.75 Å². The number of rotatable bonds is 4. The van der Waals surface area contributed by atoms with Crippen molar-refractivity contribution in [2.45, 2.75) is 32.2 Å². The maximum Gasteiger partial charge on any atom is 0.131 e. The van der Waals surface area contributed by atoms with Crippen LogP contribution in [-0.4, -0.2) is 16.7 Å². The summed E-state index contributed by atoms with van der Waals surface area (Å²) in [5, 5.41) is 14.0. The molecule has 5 heteroatoms. The number of benzene rings is 3. The van der Waals surface area contributed by atoms with E-state index in [1.54, 1.807) is 7.11 Å². The van der Waals surface area contributed by atoms with Gasteiger partial charge in [0.2, 0.25) is 0 Å². The second kappa shape index (κ2) is 7.48. The van der Waals surface area contributed by atoms with Crippen LogP contribution in [-0.2, 0) is 17.9 Å². The minimum absolute atomic E-state index is 0.165. The van der Waals surface area contributed by atoms with Crippen molar-refractivity contribution < 1.29 is 9.57 Å². The normalized spacial score (nSPS) is 23.9. The van der Waals surface area contributed by atoms with Crippen LogP contribution in [0.4, 0.5) is 0 Å². The summed E-state index contributed by atoms with van der Waals surface area (Å²) < 4.78 is 7.69. The van der Waals surface area contributed by atoms with Gasteiger partial charge < -0.3 is 9.30 Å². The second-order valence-electron chi connectivity index (χ2n) is 8.99. The van der Waals surface area contributed by atoms with Crippen LogP contribution in [0, 0.1) is 23.7 Å². The lowest BCUT2D eigenvalue weighted by Crippen LogP contribution is -2.30. The van der Waals surface area contributed by atoms with Crippen molar-refractivity contribution in [1.29, 1.82) is 5.26 Å². The number of methoxy groups -OCH3 is 1. The van der Waals surface area contributed by atoms with Gasteiger partial charge in [0.05, 0.1) is 19.2 Å². The summed E-state index contributed by atoms with van der Waals surface area (Å²) in [6.45, 7) is 3.38. The first-order chi connectivity index (χ1) is 16.2. The molecule has 0 radical (unpaired) electrons. The maximum absolute atomic E-state index is 10.7. The predicted octanol–water partition coefficient (Wildman–Crippen LogP) is 5.71. The van der Waals surface area contributed by atoms with Crippen LogP contribution in [0.15, 0.2) is 78.9 Å². The molecule has 1 saturated heterocycles. The molecule has 5 nitrogen and oxygen atoms in total. The van der Waals surface area contributed by atoms with Gasteiger partial charge in [-0.2, -0.15) is 10.3 Å². The summed E-state index contributed by atoms with van der Waals surface area (Å²) in [6.07, 6.45) is -0.375. The lowest BCUT2D eigenvalue weighted by Gasteiger charge is -2.25. The molecule has 4 aromatic rings. The summed E-state index contributed by atoms with van der Waals surface area (Å²) >= 11 is 0.